The second kappa shape index (κ2) is 7.47. The van der Waals surface area contributed by atoms with E-state index in [1.165, 1.54) is 0 Å². The number of nitrogens with one attached hydrogen (secondary N) is 1. The summed E-state index contributed by atoms with van der Waals surface area (Å²) >= 11 is 5.03. The third-order valence-corrected chi connectivity index (χ3v) is 5.14. The molecule has 2 aromatic rings. The lowest BCUT2D eigenvalue weighted by atomic mass is 10.2. The van der Waals surface area contributed by atoms with Crippen molar-refractivity contribution in [2.24, 2.45) is 0 Å². The van der Waals surface area contributed by atoms with Crippen molar-refractivity contribution < 1.29 is 4.79 Å². The van der Waals surface area contributed by atoms with Gasteiger partial charge < -0.3 is 10.2 Å². The molecule has 1 amide bonds. The van der Waals surface area contributed by atoms with E-state index in [1.807, 2.05) is 41.3 Å². The van der Waals surface area contributed by atoms with E-state index in [0.717, 1.165) is 34.0 Å². The molecular formula is C17H18BrN3OS. The lowest BCUT2D eigenvalue weighted by Crippen LogP contribution is -2.52. The number of hydrogen-bond acceptors (Lipinski definition) is 4. The number of benzene rings is 1. The van der Waals surface area contributed by atoms with Crippen LogP contribution < -0.4 is 5.32 Å². The highest BCUT2D eigenvalue weighted by Gasteiger charge is 2.24. The Balaban J connectivity index is 1.78. The predicted octanol–water partition coefficient (Wildman–Crippen LogP) is 3.43. The van der Waals surface area contributed by atoms with Crippen molar-refractivity contribution in [1.29, 1.82) is 0 Å². The van der Waals surface area contributed by atoms with Gasteiger partial charge in [0.15, 0.2) is 0 Å². The molecule has 1 fully saturated rings. The number of hydrogen-bond donors (Lipinski definition) is 1. The molecule has 6 heteroatoms. The molecule has 1 aromatic heterocycles. The molecule has 4 nitrogen and oxygen atoms in total. The predicted molar refractivity (Wildman–Crippen MR) is 95.9 cm³/mol. The highest BCUT2D eigenvalue weighted by molar-refractivity contribution is 9.10. The van der Waals surface area contributed by atoms with Crippen LogP contribution in [0.4, 0.5) is 0 Å². The summed E-state index contributed by atoms with van der Waals surface area (Å²) in [5, 5.41) is 4.13. The minimum absolute atomic E-state index is 0.00990. The molecule has 1 aliphatic heterocycles. The Morgan fingerprint density at radius 1 is 1.35 bits per heavy atom. The summed E-state index contributed by atoms with van der Waals surface area (Å²) in [7, 11) is 0. The number of carbonyl (C=O) groups excluding carboxylic acids is 1. The van der Waals surface area contributed by atoms with Gasteiger partial charge in [-0.15, -0.1) is 0 Å². The van der Waals surface area contributed by atoms with E-state index in [1.54, 1.807) is 17.8 Å². The molecule has 1 aromatic carbocycles. The van der Waals surface area contributed by atoms with Crippen LogP contribution in [0, 0.1) is 0 Å². The van der Waals surface area contributed by atoms with E-state index in [2.05, 4.69) is 33.2 Å². The zero-order valence-electron chi connectivity index (χ0n) is 12.8. The first-order valence-electron chi connectivity index (χ1n) is 7.55. The summed E-state index contributed by atoms with van der Waals surface area (Å²) < 4.78 is 1.03. The fourth-order valence-corrected chi connectivity index (χ4v) is 3.95. The zero-order chi connectivity index (χ0) is 16.2. The van der Waals surface area contributed by atoms with Crippen LogP contribution in [0.15, 0.2) is 56.9 Å². The minimum Gasteiger partial charge on any atom is -0.332 e. The standard InChI is InChI=1S/C17H18BrN3OS/c1-12-11-19-8-9-21(12)17(22)15-6-3-7-16(20-15)23-14-5-2-4-13(18)10-14/h2-7,10,12,19H,8-9,11H2,1H3/t12-/m1/s1. The van der Waals surface area contributed by atoms with Crippen LogP contribution >= 0.6 is 27.7 Å². The smallest absolute Gasteiger partial charge is 0.272 e. The van der Waals surface area contributed by atoms with Gasteiger partial charge in [-0.25, -0.2) is 4.98 Å². The second-order valence-corrected chi connectivity index (χ2v) is 7.48. The van der Waals surface area contributed by atoms with Crippen LogP contribution in [0.25, 0.3) is 0 Å². The number of carbonyl (C=O) groups is 1. The SMILES string of the molecule is C[C@@H]1CNCCN1C(=O)c1cccc(Sc2cccc(Br)c2)n1. The minimum atomic E-state index is 0.00990. The molecule has 0 unspecified atom stereocenters. The zero-order valence-corrected chi connectivity index (χ0v) is 15.2. The third-order valence-electron chi connectivity index (χ3n) is 3.72. The quantitative estimate of drug-likeness (QED) is 0.870. The summed E-state index contributed by atoms with van der Waals surface area (Å²) in [6.07, 6.45) is 0. The van der Waals surface area contributed by atoms with Gasteiger partial charge in [0.25, 0.3) is 5.91 Å². The molecule has 1 aliphatic rings. The van der Waals surface area contributed by atoms with Crippen LogP contribution in [-0.4, -0.2) is 41.5 Å². The van der Waals surface area contributed by atoms with Crippen LogP contribution in [0.5, 0.6) is 0 Å². The van der Waals surface area contributed by atoms with E-state index < -0.39 is 0 Å². The Morgan fingerprint density at radius 2 is 2.17 bits per heavy atom. The first-order valence-corrected chi connectivity index (χ1v) is 9.16. The average molecular weight is 392 g/mol. The Labute approximate surface area is 148 Å². The lowest BCUT2D eigenvalue weighted by molar-refractivity contribution is 0.0649. The van der Waals surface area contributed by atoms with Gasteiger partial charge in [-0.1, -0.05) is 39.8 Å². The normalized spacial score (nSPS) is 18.0. The first-order chi connectivity index (χ1) is 11.1. The monoisotopic (exact) mass is 391 g/mol. The van der Waals surface area contributed by atoms with E-state index in [9.17, 15) is 4.79 Å². The molecule has 1 N–H and O–H groups in total. The molecule has 0 saturated carbocycles. The summed E-state index contributed by atoms with van der Waals surface area (Å²) in [5.74, 6) is 0.00990. The fourth-order valence-electron chi connectivity index (χ4n) is 2.53. The maximum absolute atomic E-state index is 12.7. The summed E-state index contributed by atoms with van der Waals surface area (Å²) in [4.78, 5) is 20.2. The van der Waals surface area contributed by atoms with Crippen molar-refractivity contribution in [1.82, 2.24) is 15.2 Å². The molecular weight excluding hydrogens is 374 g/mol. The van der Waals surface area contributed by atoms with Gasteiger partial charge in [-0.2, -0.15) is 0 Å². The molecule has 3 rings (SSSR count). The van der Waals surface area contributed by atoms with Crippen molar-refractivity contribution in [3.8, 4) is 0 Å². The number of nitrogens with zero attached hydrogens (tertiary/aromatic N) is 2. The van der Waals surface area contributed by atoms with Crippen molar-refractivity contribution in [3.63, 3.8) is 0 Å². The molecule has 1 atom stereocenters. The topological polar surface area (TPSA) is 45.2 Å². The first kappa shape index (κ1) is 16.5. The van der Waals surface area contributed by atoms with Gasteiger partial charge in [-0.3, -0.25) is 4.79 Å². The summed E-state index contributed by atoms with van der Waals surface area (Å²) in [6.45, 7) is 4.45. The van der Waals surface area contributed by atoms with Gasteiger partial charge in [0, 0.05) is 35.0 Å². The number of halogens is 1. The summed E-state index contributed by atoms with van der Waals surface area (Å²) in [5.41, 5.74) is 0.513. The highest BCUT2D eigenvalue weighted by Crippen LogP contribution is 2.28. The van der Waals surface area contributed by atoms with Crippen LogP contribution in [0.2, 0.25) is 0 Å². The van der Waals surface area contributed by atoms with Gasteiger partial charge in [-0.05, 0) is 37.3 Å². The van der Waals surface area contributed by atoms with E-state index in [0.29, 0.717) is 5.69 Å². The molecule has 23 heavy (non-hydrogen) atoms. The van der Waals surface area contributed by atoms with Crippen molar-refractivity contribution in [3.05, 3.63) is 52.6 Å². The highest BCUT2D eigenvalue weighted by atomic mass is 79.9. The van der Waals surface area contributed by atoms with Gasteiger partial charge in [0.2, 0.25) is 0 Å². The fraction of sp³-hybridized carbons (Fsp3) is 0.294. The maximum atomic E-state index is 12.7. The Morgan fingerprint density at radius 3 is 2.96 bits per heavy atom. The number of amides is 1. The third kappa shape index (κ3) is 4.13. The molecule has 0 radical (unpaired) electrons. The molecule has 120 valence electrons. The second-order valence-electron chi connectivity index (χ2n) is 5.47. The van der Waals surface area contributed by atoms with Crippen LogP contribution in [0.3, 0.4) is 0 Å². The molecule has 1 saturated heterocycles. The Kier molecular flexibility index (Phi) is 5.35. The molecule has 0 aliphatic carbocycles. The molecule has 0 spiro atoms. The van der Waals surface area contributed by atoms with Crippen molar-refractivity contribution in [2.75, 3.05) is 19.6 Å². The van der Waals surface area contributed by atoms with E-state index in [-0.39, 0.29) is 11.9 Å². The van der Waals surface area contributed by atoms with Gasteiger partial charge in [0.1, 0.15) is 10.7 Å². The number of pyridine rings is 1. The number of piperazine rings is 1. The number of aromatic nitrogens is 1. The van der Waals surface area contributed by atoms with Crippen LogP contribution in [-0.2, 0) is 0 Å². The van der Waals surface area contributed by atoms with Gasteiger partial charge in [0.05, 0.1) is 0 Å². The van der Waals surface area contributed by atoms with E-state index >= 15 is 0 Å². The Hall–Kier alpha value is -1.37. The number of rotatable bonds is 3. The van der Waals surface area contributed by atoms with Crippen molar-refractivity contribution >= 4 is 33.6 Å². The molecule has 0 bridgehead atoms. The van der Waals surface area contributed by atoms with Crippen LogP contribution in [0.1, 0.15) is 17.4 Å². The van der Waals surface area contributed by atoms with E-state index in [4.69, 9.17) is 0 Å². The maximum Gasteiger partial charge on any atom is 0.272 e. The largest absolute Gasteiger partial charge is 0.332 e. The summed E-state index contributed by atoms with van der Waals surface area (Å²) in [6, 6.07) is 13.9. The molecule has 2 heterocycles. The van der Waals surface area contributed by atoms with Crippen molar-refractivity contribution in [2.45, 2.75) is 22.9 Å². The van der Waals surface area contributed by atoms with Gasteiger partial charge >= 0.3 is 0 Å². The lowest BCUT2D eigenvalue weighted by Gasteiger charge is -2.33. The average Bonchev–Trinajstić information content (AvgIpc) is 2.55. The Bertz CT molecular complexity index is 710.